The smallest absolute Gasteiger partial charge is 0.237 e. The molecular weight excluding hydrogens is 251 g/mol. The molecule has 5 heteroatoms. The highest BCUT2D eigenvalue weighted by molar-refractivity contribution is 7.99. The summed E-state index contributed by atoms with van der Waals surface area (Å²) in [5.41, 5.74) is 2.00. The van der Waals surface area contributed by atoms with Gasteiger partial charge in [-0.1, -0.05) is 6.07 Å². The maximum absolute atomic E-state index is 14.2. The number of nitrogens with one attached hydrogen (secondary N) is 2. The third-order valence-electron chi connectivity index (χ3n) is 3.19. The Morgan fingerprint density at radius 3 is 3.06 bits per heavy atom. The van der Waals surface area contributed by atoms with Crippen LogP contribution in [0.1, 0.15) is 18.1 Å². The molecule has 1 unspecified atom stereocenters. The molecule has 1 aromatic rings. The molecule has 0 fully saturated rings. The van der Waals surface area contributed by atoms with Gasteiger partial charge in [-0.2, -0.15) is 11.8 Å². The largest absolute Gasteiger partial charge is 0.323 e. The molecule has 0 radical (unpaired) electrons. The second kappa shape index (κ2) is 5.71. The molecule has 1 aromatic carbocycles. The van der Waals surface area contributed by atoms with E-state index in [9.17, 15) is 9.18 Å². The highest BCUT2D eigenvalue weighted by Gasteiger charge is 2.19. The van der Waals surface area contributed by atoms with Gasteiger partial charge in [-0.15, -0.1) is 0 Å². The molecule has 3 nitrogen and oxygen atoms in total. The Morgan fingerprint density at radius 2 is 2.33 bits per heavy atom. The molecule has 1 amide bonds. The maximum Gasteiger partial charge on any atom is 0.237 e. The first-order valence-electron chi connectivity index (χ1n) is 5.98. The van der Waals surface area contributed by atoms with Crippen molar-refractivity contribution in [2.24, 2.45) is 0 Å². The van der Waals surface area contributed by atoms with E-state index in [-0.39, 0.29) is 17.0 Å². The van der Waals surface area contributed by atoms with Crippen molar-refractivity contribution in [2.75, 3.05) is 18.1 Å². The van der Waals surface area contributed by atoms with Crippen LogP contribution in [0.25, 0.3) is 0 Å². The van der Waals surface area contributed by atoms with Crippen molar-refractivity contribution in [1.82, 2.24) is 5.32 Å². The zero-order chi connectivity index (χ0) is 13.1. The number of carbonyl (C=O) groups is 1. The van der Waals surface area contributed by atoms with Crippen LogP contribution in [-0.2, 0) is 17.8 Å². The van der Waals surface area contributed by atoms with E-state index in [0.717, 1.165) is 17.7 Å². The summed E-state index contributed by atoms with van der Waals surface area (Å²) in [7, 11) is 0. The van der Waals surface area contributed by atoms with E-state index >= 15 is 0 Å². The molecule has 0 aliphatic carbocycles. The molecule has 1 heterocycles. The molecule has 2 rings (SSSR count). The molecule has 0 saturated heterocycles. The van der Waals surface area contributed by atoms with Gasteiger partial charge in [-0.25, -0.2) is 4.39 Å². The molecule has 18 heavy (non-hydrogen) atoms. The second-order valence-corrected chi connectivity index (χ2v) is 5.54. The van der Waals surface area contributed by atoms with Crippen molar-refractivity contribution < 1.29 is 9.18 Å². The van der Waals surface area contributed by atoms with Crippen molar-refractivity contribution >= 4 is 23.4 Å². The van der Waals surface area contributed by atoms with E-state index < -0.39 is 0 Å². The van der Waals surface area contributed by atoms with Gasteiger partial charge < -0.3 is 10.6 Å². The van der Waals surface area contributed by atoms with E-state index in [0.29, 0.717) is 18.7 Å². The lowest BCUT2D eigenvalue weighted by Gasteiger charge is -2.20. The zero-order valence-corrected chi connectivity index (χ0v) is 11.4. The summed E-state index contributed by atoms with van der Waals surface area (Å²) >= 11 is 1.44. The number of halogens is 1. The summed E-state index contributed by atoms with van der Waals surface area (Å²) in [5, 5.41) is 5.68. The van der Waals surface area contributed by atoms with Gasteiger partial charge in [-0.3, -0.25) is 4.79 Å². The standard InChI is InChI=1S/C13H17FN2OS/c1-8(18-2)13(17)16-11-4-3-9-7-15-6-5-10(9)12(11)14/h3-4,8,15H,5-7H2,1-2H3,(H,16,17). The van der Waals surface area contributed by atoms with E-state index in [1.54, 1.807) is 13.0 Å². The number of hydrogen-bond acceptors (Lipinski definition) is 3. The molecule has 0 aromatic heterocycles. The van der Waals surface area contributed by atoms with Crippen LogP contribution in [-0.4, -0.2) is 24.0 Å². The minimum Gasteiger partial charge on any atom is -0.323 e. The molecule has 0 bridgehead atoms. The van der Waals surface area contributed by atoms with Crippen LogP contribution in [0.15, 0.2) is 12.1 Å². The topological polar surface area (TPSA) is 41.1 Å². The van der Waals surface area contributed by atoms with Crippen LogP contribution in [0.5, 0.6) is 0 Å². The Labute approximate surface area is 111 Å². The van der Waals surface area contributed by atoms with Crippen molar-refractivity contribution in [3.05, 3.63) is 29.1 Å². The number of fused-ring (bicyclic) bond motifs is 1. The number of rotatable bonds is 3. The normalized spacial score (nSPS) is 15.9. The summed E-state index contributed by atoms with van der Waals surface area (Å²) in [5.74, 6) is -0.439. The average molecular weight is 268 g/mol. The van der Waals surface area contributed by atoms with Gasteiger partial charge in [0.25, 0.3) is 0 Å². The van der Waals surface area contributed by atoms with Crippen LogP contribution in [0.4, 0.5) is 10.1 Å². The fraction of sp³-hybridized carbons (Fsp3) is 0.462. The molecule has 0 spiro atoms. The predicted octanol–water partition coefficient (Wildman–Crippen LogP) is 2.16. The third kappa shape index (κ3) is 2.67. The van der Waals surface area contributed by atoms with Gasteiger partial charge >= 0.3 is 0 Å². The number of hydrogen-bond donors (Lipinski definition) is 2. The zero-order valence-electron chi connectivity index (χ0n) is 10.5. The number of benzene rings is 1. The van der Waals surface area contributed by atoms with Gasteiger partial charge in [0, 0.05) is 6.54 Å². The monoisotopic (exact) mass is 268 g/mol. The lowest BCUT2D eigenvalue weighted by atomic mass is 9.99. The first-order chi connectivity index (χ1) is 8.63. The van der Waals surface area contributed by atoms with Gasteiger partial charge in [0.2, 0.25) is 5.91 Å². The average Bonchev–Trinajstić information content (AvgIpc) is 2.41. The van der Waals surface area contributed by atoms with Crippen LogP contribution in [0.2, 0.25) is 0 Å². The Morgan fingerprint density at radius 1 is 1.56 bits per heavy atom. The van der Waals surface area contributed by atoms with Gasteiger partial charge in [-0.05, 0) is 43.3 Å². The number of carbonyl (C=O) groups excluding carboxylic acids is 1. The van der Waals surface area contributed by atoms with Gasteiger partial charge in [0.15, 0.2) is 0 Å². The molecule has 1 aliphatic rings. The molecule has 1 aliphatic heterocycles. The summed E-state index contributed by atoms with van der Waals surface area (Å²) in [4.78, 5) is 11.8. The molecule has 0 saturated carbocycles. The first-order valence-corrected chi connectivity index (χ1v) is 7.27. The lowest BCUT2D eigenvalue weighted by Crippen LogP contribution is -2.26. The lowest BCUT2D eigenvalue weighted by molar-refractivity contribution is -0.115. The Kier molecular flexibility index (Phi) is 4.24. The van der Waals surface area contributed by atoms with E-state index in [1.807, 2.05) is 12.3 Å². The fourth-order valence-electron chi connectivity index (χ4n) is 1.97. The minimum absolute atomic E-state index is 0.157. The first kappa shape index (κ1) is 13.4. The van der Waals surface area contributed by atoms with Crippen molar-refractivity contribution in [1.29, 1.82) is 0 Å². The highest BCUT2D eigenvalue weighted by atomic mass is 32.2. The van der Waals surface area contributed by atoms with Gasteiger partial charge in [0.1, 0.15) is 5.82 Å². The van der Waals surface area contributed by atoms with Crippen LogP contribution >= 0.6 is 11.8 Å². The molecular formula is C13H17FN2OS. The number of thioether (sulfide) groups is 1. The molecule has 2 N–H and O–H groups in total. The minimum atomic E-state index is -0.282. The second-order valence-electron chi connectivity index (χ2n) is 4.36. The molecule has 98 valence electrons. The Bertz CT molecular complexity index is 465. The SMILES string of the molecule is CSC(C)C(=O)Nc1ccc2c(c1F)CCNC2. The fourth-order valence-corrected chi connectivity index (χ4v) is 2.24. The third-order valence-corrected chi connectivity index (χ3v) is 4.11. The van der Waals surface area contributed by atoms with E-state index in [4.69, 9.17) is 0 Å². The van der Waals surface area contributed by atoms with E-state index in [2.05, 4.69) is 10.6 Å². The van der Waals surface area contributed by atoms with Crippen LogP contribution < -0.4 is 10.6 Å². The predicted molar refractivity (Wildman–Crippen MR) is 73.4 cm³/mol. The Balaban J connectivity index is 2.22. The summed E-state index contributed by atoms with van der Waals surface area (Å²) in [6, 6.07) is 3.52. The van der Waals surface area contributed by atoms with E-state index in [1.165, 1.54) is 11.8 Å². The van der Waals surface area contributed by atoms with Gasteiger partial charge in [0.05, 0.1) is 10.9 Å². The highest BCUT2D eigenvalue weighted by Crippen LogP contribution is 2.25. The quantitative estimate of drug-likeness (QED) is 0.882. The molecule has 1 atom stereocenters. The summed E-state index contributed by atoms with van der Waals surface area (Å²) < 4.78 is 14.2. The Hall–Kier alpha value is -1.07. The number of amides is 1. The maximum atomic E-state index is 14.2. The van der Waals surface area contributed by atoms with Crippen LogP contribution in [0, 0.1) is 5.82 Å². The summed E-state index contributed by atoms with van der Waals surface area (Å²) in [6.45, 7) is 3.28. The number of anilines is 1. The van der Waals surface area contributed by atoms with Crippen molar-refractivity contribution in [3.8, 4) is 0 Å². The summed E-state index contributed by atoms with van der Waals surface area (Å²) in [6.07, 6.45) is 2.53. The van der Waals surface area contributed by atoms with Crippen LogP contribution in [0.3, 0.4) is 0 Å². The van der Waals surface area contributed by atoms with Crippen molar-refractivity contribution in [3.63, 3.8) is 0 Å². The van der Waals surface area contributed by atoms with Crippen molar-refractivity contribution in [2.45, 2.75) is 25.1 Å².